The van der Waals surface area contributed by atoms with Crippen molar-refractivity contribution < 1.29 is 4.79 Å². The molecule has 3 aromatic rings. The highest BCUT2D eigenvalue weighted by molar-refractivity contribution is 5.99. The first-order chi connectivity index (χ1) is 14.2. The van der Waals surface area contributed by atoms with Gasteiger partial charge in [0.25, 0.3) is 5.91 Å². The summed E-state index contributed by atoms with van der Waals surface area (Å²) in [4.78, 5) is 19.4. The lowest BCUT2D eigenvalue weighted by atomic mass is 9.80. The number of benzene rings is 1. The highest BCUT2D eigenvalue weighted by Crippen LogP contribution is 2.32. The van der Waals surface area contributed by atoms with E-state index < -0.39 is 0 Å². The molecule has 0 bridgehead atoms. The molecule has 2 aromatic heterocycles. The Hall–Kier alpha value is -2.77. The third kappa shape index (κ3) is 3.41. The van der Waals surface area contributed by atoms with Crippen molar-refractivity contribution in [3.05, 3.63) is 65.6 Å². The van der Waals surface area contributed by atoms with Crippen LogP contribution >= 0.6 is 0 Å². The second-order valence-electron chi connectivity index (χ2n) is 8.16. The lowest BCUT2D eigenvalue weighted by molar-refractivity contribution is 0.0671. The molecule has 2 saturated heterocycles. The fraction of sp³-hybridized carbons (Fsp3) is 0.409. The molecule has 150 valence electrons. The van der Waals surface area contributed by atoms with Crippen molar-refractivity contribution in [1.29, 1.82) is 0 Å². The third-order valence-electron chi connectivity index (χ3n) is 6.30. The molecule has 1 amide bonds. The fourth-order valence-corrected chi connectivity index (χ4v) is 4.74. The number of rotatable bonds is 3. The number of carbonyl (C=O) groups excluding carboxylic acids is 1. The number of nitrogens with one attached hydrogen (secondary N) is 2. The van der Waals surface area contributed by atoms with E-state index in [4.69, 9.17) is 0 Å². The predicted molar refractivity (Wildman–Crippen MR) is 110 cm³/mol. The number of amides is 1. The van der Waals surface area contributed by atoms with Crippen molar-refractivity contribution in [2.24, 2.45) is 5.92 Å². The SMILES string of the molecule is Cc1cnc2c(C(=O)N3CCC(C4NNCC4c4ccccc4)CC3)cnn2c1. The zero-order valence-corrected chi connectivity index (χ0v) is 16.6. The Morgan fingerprint density at radius 2 is 1.93 bits per heavy atom. The first kappa shape index (κ1) is 18.3. The van der Waals surface area contributed by atoms with Crippen molar-refractivity contribution in [3.63, 3.8) is 0 Å². The number of aromatic nitrogens is 3. The van der Waals surface area contributed by atoms with Gasteiger partial charge in [-0.05, 0) is 36.8 Å². The standard InChI is InChI=1S/C22H26N6O/c1-15-11-23-21-19(13-25-28(21)14-15)22(29)27-9-7-17(8-10-27)20-18(12-24-26-20)16-5-3-2-4-6-16/h2-6,11,13-14,17-18,20,24,26H,7-10,12H2,1H3. The zero-order chi connectivity index (χ0) is 19.8. The molecule has 0 spiro atoms. The van der Waals surface area contributed by atoms with E-state index in [2.05, 4.69) is 51.3 Å². The Balaban J connectivity index is 1.27. The zero-order valence-electron chi connectivity index (χ0n) is 16.6. The van der Waals surface area contributed by atoms with E-state index in [1.165, 1.54) is 5.56 Å². The van der Waals surface area contributed by atoms with E-state index in [-0.39, 0.29) is 5.91 Å². The summed E-state index contributed by atoms with van der Waals surface area (Å²) in [6.07, 6.45) is 7.32. The lowest BCUT2D eigenvalue weighted by Crippen LogP contribution is -2.45. The average Bonchev–Trinajstić information content (AvgIpc) is 3.41. The molecule has 0 radical (unpaired) electrons. The molecule has 2 unspecified atom stereocenters. The molecule has 4 heterocycles. The van der Waals surface area contributed by atoms with Gasteiger partial charge in [0.05, 0.1) is 6.20 Å². The predicted octanol–water partition coefficient (Wildman–Crippen LogP) is 2.15. The number of piperidine rings is 1. The number of likely N-dealkylation sites (tertiary alicyclic amines) is 1. The van der Waals surface area contributed by atoms with Gasteiger partial charge < -0.3 is 4.90 Å². The number of carbonyl (C=O) groups is 1. The molecule has 7 heteroatoms. The van der Waals surface area contributed by atoms with Crippen molar-refractivity contribution in [2.45, 2.75) is 31.7 Å². The first-order valence-corrected chi connectivity index (χ1v) is 10.3. The molecule has 0 saturated carbocycles. The molecule has 5 rings (SSSR count). The second-order valence-corrected chi connectivity index (χ2v) is 8.16. The first-order valence-electron chi connectivity index (χ1n) is 10.3. The normalized spacial score (nSPS) is 23.0. The Labute approximate surface area is 170 Å². The van der Waals surface area contributed by atoms with Crippen LogP contribution < -0.4 is 10.9 Å². The molecule has 2 aliphatic rings. The van der Waals surface area contributed by atoms with E-state index in [1.807, 2.05) is 18.0 Å². The van der Waals surface area contributed by atoms with Crippen LogP contribution in [0.2, 0.25) is 0 Å². The van der Waals surface area contributed by atoms with Crippen LogP contribution in [-0.2, 0) is 0 Å². The Kier molecular flexibility index (Phi) is 4.77. The lowest BCUT2D eigenvalue weighted by Gasteiger charge is -2.36. The van der Waals surface area contributed by atoms with Gasteiger partial charge in [-0.15, -0.1) is 0 Å². The fourth-order valence-electron chi connectivity index (χ4n) is 4.74. The van der Waals surface area contributed by atoms with Crippen molar-refractivity contribution in [3.8, 4) is 0 Å². The summed E-state index contributed by atoms with van der Waals surface area (Å²) >= 11 is 0. The Morgan fingerprint density at radius 3 is 2.72 bits per heavy atom. The number of hydrogen-bond acceptors (Lipinski definition) is 5. The van der Waals surface area contributed by atoms with Crippen LogP contribution in [0.5, 0.6) is 0 Å². The number of hydrogen-bond donors (Lipinski definition) is 2. The van der Waals surface area contributed by atoms with Crippen LogP contribution in [0.25, 0.3) is 5.65 Å². The van der Waals surface area contributed by atoms with Crippen LogP contribution in [0.1, 0.15) is 40.2 Å². The molecular formula is C22H26N6O. The molecule has 2 fully saturated rings. The van der Waals surface area contributed by atoms with Crippen molar-refractivity contribution >= 4 is 11.6 Å². The van der Waals surface area contributed by atoms with Gasteiger partial charge in [-0.25, -0.2) is 9.50 Å². The molecular weight excluding hydrogens is 364 g/mol. The summed E-state index contributed by atoms with van der Waals surface area (Å²) in [5.74, 6) is 1.05. The van der Waals surface area contributed by atoms with Gasteiger partial charge in [0.2, 0.25) is 0 Å². The van der Waals surface area contributed by atoms with Gasteiger partial charge in [-0.3, -0.25) is 15.6 Å². The van der Waals surface area contributed by atoms with Gasteiger partial charge in [0.15, 0.2) is 5.65 Å². The second kappa shape index (κ2) is 7.57. The number of aryl methyl sites for hydroxylation is 1. The van der Waals surface area contributed by atoms with E-state index in [0.29, 0.717) is 29.1 Å². The Bertz CT molecular complexity index is 1010. The van der Waals surface area contributed by atoms with Gasteiger partial charge in [0, 0.05) is 44.0 Å². The molecule has 1 aromatic carbocycles. The van der Waals surface area contributed by atoms with Crippen LogP contribution in [0.3, 0.4) is 0 Å². The monoisotopic (exact) mass is 390 g/mol. The topological polar surface area (TPSA) is 74.6 Å². The number of fused-ring (bicyclic) bond motifs is 1. The summed E-state index contributed by atoms with van der Waals surface area (Å²) in [6.45, 7) is 4.45. The van der Waals surface area contributed by atoms with Gasteiger partial charge in [-0.1, -0.05) is 30.3 Å². The minimum absolute atomic E-state index is 0.0342. The summed E-state index contributed by atoms with van der Waals surface area (Å²) in [6, 6.07) is 11.1. The van der Waals surface area contributed by atoms with E-state index in [0.717, 1.165) is 38.0 Å². The average molecular weight is 390 g/mol. The molecule has 0 aliphatic carbocycles. The van der Waals surface area contributed by atoms with E-state index in [9.17, 15) is 4.79 Å². The van der Waals surface area contributed by atoms with Crippen LogP contribution in [0.4, 0.5) is 0 Å². The molecule has 7 nitrogen and oxygen atoms in total. The smallest absolute Gasteiger partial charge is 0.259 e. The maximum Gasteiger partial charge on any atom is 0.259 e. The minimum Gasteiger partial charge on any atom is -0.338 e. The largest absolute Gasteiger partial charge is 0.338 e. The third-order valence-corrected chi connectivity index (χ3v) is 6.30. The van der Waals surface area contributed by atoms with Crippen molar-refractivity contribution in [1.82, 2.24) is 30.3 Å². The van der Waals surface area contributed by atoms with E-state index in [1.54, 1.807) is 16.9 Å². The number of hydrazine groups is 1. The van der Waals surface area contributed by atoms with Gasteiger partial charge >= 0.3 is 0 Å². The van der Waals surface area contributed by atoms with Gasteiger partial charge in [0.1, 0.15) is 5.56 Å². The molecule has 2 N–H and O–H groups in total. The molecule has 2 atom stereocenters. The Morgan fingerprint density at radius 1 is 1.14 bits per heavy atom. The van der Waals surface area contributed by atoms with Crippen LogP contribution in [0, 0.1) is 12.8 Å². The summed E-state index contributed by atoms with van der Waals surface area (Å²) in [7, 11) is 0. The highest BCUT2D eigenvalue weighted by atomic mass is 16.2. The van der Waals surface area contributed by atoms with Crippen LogP contribution in [-0.4, -0.2) is 51.1 Å². The maximum atomic E-state index is 13.1. The quantitative estimate of drug-likeness (QED) is 0.717. The number of nitrogens with zero attached hydrogens (tertiary/aromatic N) is 4. The minimum atomic E-state index is 0.0342. The van der Waals surface area contributed by atoms with Gasteiger partial charge in [-0.2, -0.15) is 5.10 Å². The summed E-state index contributed by atoms with van der Waals surface area (Å²) in [5, 5.41) is 4.31. The van der Waals surface area contributed by atoms with Crippen molar-refractivity contribution in [2.75, 3.05) is 19.6 Å². The molecule has 29 heavy (non-hydrogen) atoms. The molecule has 2 aliphatic heterocycles. The summed E-state index contributed by atoms with van der Waals surface area (Å²) in [5.41, 5.74) is 10.5. The van der Waals surface area contributed by atoms with E-state index >= 15 is 0 Å². The maximum absolute atomic E-state index is 13.1. The van der Waals surface area contributed by atoms with Crippen LogP contribution in [0.15, 0.2) is 48.9 Å². The summed E-state index contributed by atoms with van der Waals surface area (Å²) < 4.78 is 1.69. The highest BCUT2D eigenvalue weighted by Gasteiger charge is 2.37.